The summed E-state index contributed by atoms with van der Waals surface area (Å²) in [5.74, 6) is 5.47. The van der Waals surface area contributed by atoms with Gasteiger partial charge in [0, 0.05) is 12.1 Å². The molecule has 0 fully saturated rings. The van der Waals surface area contributed by atoms with Gasteiger partial charge in [0.25, 0.3) is 0 Å². The van der Waals surface area contributed by atoms with E-state index in [2.05, 4.69) is 11.8 Å². The van der Waals surface area contributed by atoms with Gasteiger partial charge in [0.2, 0.25) is 0 Å². The Morgan fingerprint density at radius 2 is 2.33 bits per heavy atom. The van der Waals surface area contributed by atoms with E-state index in [1.807, 2.05) is 25.1 Å². The van der Waals surface area contributed by atoms with E-state index in [1.54, 1.807) is 0 Å². The van der Waals surface area contributed by atoms with Crippen LogP contribution in [0.5, 0.6) is 0 Å². The molecule has 1 amide bonds. The zero-order valence-electron chi connectivity index (χ0n) is 10.2. The average Bonchev–Trinajstić information content (AvgIpc) is 2.36. The maximum atomic E-state index is 11.1. The van der Waals surface area contributed by atoms with Gasteiger partial charge in [-0.1, -0.05) is 17.9 Å². The molecule has 0 aliphatic carbocycles. The van der Waals surface area contributed by atoms with E-state index >= 15 is 0 Å². The van der Waals surface area contributed by atoms with Gasteiger partial charge in [-0.3, -0.25) is 0 Å². The predicted octanol–water partition coefficient (Wildman–Crippen LogP) is 1.63. The maximum Gasteiger partial charge on any atom is 0.407 e. The van der Waals surface area contributed by atoms with Gasteiger partial charge in [-0.15, -0.1) is 0 Å². The normalized spacial score (nSPS) is 17.7. The Bertz CT molecular complexity index is 528. The summed E-state index contributed by atoms with van der Waals surface area (Å²) in [7, 11) is 0. The van der Waals surface area contributed by atoms with E-state index in [9.17, 15) is 4.79 Å². The number of amides is 1. The number of nitrogens with zero attached hydrogens (tertiary/aromatic N) is 1. The molecule has 0 spiro atoms. The molecule has 0 bridgehead atoms. The third-order valence-corrected chi connectivity index (χ3v) is 3.24. The molecule has 0 radical (unpaired) electrons. The summed E-state index contributed by atoms with van der Waals surface area (Å²) in [4.78, 5) is 12.5. The second-order valence-corrected chi connectivity index (χ2v) is 4.28. The molecule has 1 aliphatic rings. The Hall–Kier alpha value is -1.99. The number of hydrogen-bond acceptors (Lipinski definition) is 2. The first-order chi connectivity index (χ1) is 8.63. The van der Waals surface area contributed by atoms with Crippen LogP contribution in [0.1, 0.15) is 29.7 Å². The molecule has 1 heterocycles. The van der Waals surface area contributed by atoms with Gasteiger partial charge in [-0.25, -0.2) is 4.79 Å². The number of rotatable bonds is 0. The maximum absolute atomic E-state index is 11.1. The van der Waals surface area contributed by atoms with E-state index in [1.165, 1.54) is 4.90 Å². The highest BCUT2D eigenvalue weighted by atomic mass is 16.4. The monoisotopic (exact) mass is 245 g/mol. The van der Waals surface area contributed by atoms with Crippen LogP contribution >= 0.6 is 0 Å². The number of fused-ring (bicyclic) bond motifs is 1. The Kier molecular flexibility index (Phi) is 3.54. The SMILES string of the molecule is CC1c2ccc(C#CCO)cc2CCN1C(=O)O. The zero-order chi connectivity index (χ0) is 13.1. The molecule has 4 heteroatoms. The molecule has 0 aromatic heterocycles. The molecule has 4 nitrogen and oxygen atoms in total. The molecule has 94 valence electrons. The Balaban J connectivity index is 2.32. The summed E-state index contributed by atoms with van der Waals surface area (Å²) < 4.78 is 0. The molecule has 18 heavy (non-hydrogen) atoms. The van der Waals surface area contributed by atoms with Crippen molar-refractivity contribution < 1.29 is 15.0 Å². The first-order valence-electron chi connectivity index (χ1n) is 5.85. The lowest BCUT2D eigenvalue weighted by Crippen LogP contribution is -2.37. The second kappa shape index (κ2) is 5.11. The van der Waals surface area contributed by atoms with Gasteiger partial charge < -0.3 is 15.1 Å². The van der Waals surface area contributed by atoms with Crippen LogP contribution in [0.4, 0.5) is 4.79 Å². The summed E-state index contributed by atoms with van der Waals surface area (Å²) in [5, 5.41) is 17.7. The standard InChI is InChI=1S/C14H15NO3/c1-10-13-5-4-11(3-2-8-16)9-12(13)6-7-15(10)14(17)18/h4-5,9-10,16H,6-8H2,1H3,(H,17,18). The van der Waals surface area contributed by atoms with E-state index in [0.717, 1.165) is 16.7 Å². The van der Waals surface area contributed by atoms with Crippen LogP contribution in [0.15, 0.2) is 18.2 Å². The summed E-state index contributed by atoms with van der Waals surface area (Å²) in [6.07, 6.45) is -0.169. The molecular formula is C14H15NO3. The molecule has 1 aromatic rings. The molecule has 0 saturated carbocycles. The minimum absolute atomic E-state index is 0.119. The van der Waals surface area contributed by atoms with Crippen LogP contribution in [0.3, 0.4) is 0 Å². The van der Waals surface area contributed by atoms with Crippen molar-refractivity contribution in [3.8, 4) is 11.8 Å². The first-order valence-corrected chi connectivity index (χ1v) is 5.85. The summed E-state index contributed by atoms with van der Waals surface area (Å²) >= 11 is 0. The van der Waals surface area contributed by atoms with Crippen LogP contribution in [0.2, 0.25) is 0 Å². The summed E-state index contributed by atoms with van der Waals surface area (Å²) in [6.45, 7) is 2.26. The molecule has 0 saturated heterocycles. The third kappa shape index (κ3) is 2.31. The van der Waals surface area contributed by atoms with Crippen LogP contribution < -0.4 is 0 Å². The molecule has 2 N–H and O–H groups in total. The van der Waals surface area contributed by atoms with Crippen molar-refractivity contribution >= 4 is 6.09 Å². The zero-order valence-corrected chi connectivity index (χ0v) is 10.2. The molecule has 1 atom stereocenters. The second-order valence-electron chi connectivity index (χ2n) is 4.28. The number of benzene rings is 1. The Labute approximate surface area is 106 Å². The van der Waals surface area contributed by atoms with Gasteiger partial charge in [-0.2, -0.15) is 0 Å². The number of aliphatic hydroxyl groups excluding tert-OH is 1. The number of aliphatic hydroxyl groups is 1. The fourth-order valence-electron chi connectivity index (χ4n) is 2.31. The van der Waals surface area contributed by atoms with E-state index in [0.29, 0.717) is 13.0 Å². The van der Waals surface area contributed by atoms with Crippen LogP contribution in [-0.4, -0.2) is 34.4 Å². The highest BCUT2D eigenvalue weighted by molar-refractivity contribution is 5.66. The third-order valence-electron chi connectivity index (χ3n) is 3.24. The van der Waals surface area contributed by atoms with E-state index in [4.69, 9.17) is 10.2 Å². The molecule has 1 unspecified atom stereocenters. The summed E-state index contributed by atoms with van der Waals surface area (Å²) in [5.41, 5.74) is 3.04. The number of carbonyl (C=O) groups is 1. The van der Waals surface area contributed by atoms with Crippen LogP contribution in [0, 0.1) is 11.8 Å². The van der Waals surface area contributed by atoms with Crippen LogP contribution in [-0.2, 0) is 6.42 Å². The lowest BCUT2D eigenvalue weighted by atomic mass is 9.92. The van der Waals surface area contributed by atoms with Crippen molar-refractivity contribution in [1.29, 1.82) is 0 Å². The van der Waals surface area contributed by atoms with E-state index in [-0.39, 0.29) is 12.6 Å². The number of carboxylic acid groups (broad SMARTS) is 1. The molecule has 2 rings (SSSR count). The molecular weight excluding hydrogens is 230 g/mol. The van der Waals surface area contributed by atoms with Crippen molar-refractivity contribution in [2.75, 3.05) is 13.2 Å². The minimum atomic E-state index is -0.878. The van der Waals surface area contributed by atoms with Gasteiger partial charge in [0.1, 0.15) is 6.61 Å². The van der Waals surface area contributed by atoms with Crippen molar-refractivity contribution in [2.45, 2.75) is 19.4 Å². The largest absolute Gasteiger partial charge is 0.465 e. The van der Waals surface area contributed by atoms with Gasteiger partial charge >= 0.3 is 6.09 Å². The Morgan fingerprint density at radius 1 is 1.56 bits per heavy atom. The van der Waals surface area contributed by atoms with Gasteiger partial charge in [0.05, 0.1) is 6.04 Å². The lowest BCUT2D eigenvalue weighted by Gasteiger charge is -2.33. The van der Waals surface area contributed by atoms with Crippen molar-refractivity contribution in [3.05, 3.63) is 34.9 Å². The molecule has 1 aromatic carbocycles. The van der Waals surface area contributed by atoms with Crippen molar-refractivity contribution in [2.24, 2.45) is 0 Å². The smallest absolute Gasteiger partial charge is 0.407 e. The van der Waals surface area contributed by atoms with Crippen molar-refractivity contribution in [3.63, 3.8) is 0 Å². The average molecular weight is 245 g/mol. The highest BCUT2D eigenvalue weighted by Gasteiger charge is 2.26. The topological polar surface area (TPSA) is 60.8 Å². The number of hydrogen-bond donors (Lipinski definition) is 2. The quantitative estimate of drug-likeness (QED) is 0.683. The van der Waals surface area contributed by atoms with E-state index < -0.39 is 6.09 Å². The fraction of sp³-hybridized carbons (Fsp3) is 0.357. The fourth-order valence-corrected chi connectivity index (χ4v) is 2.31. The molecule has 1 aliphatic heterocycles. The predicted molar refractivity (Wildman–Crippen MR) is 67.3 cm³/mol. The van der Waals surface area contributed by atoms with Crippen LogP contribution in [0.25, 0.3) is 0 Å². The lowest BCUT2D eigenvalue weighted by molar-refractivity contribution is 0.124. The van der Waals surface area contributed by atoms with Gasteiger partial charge in [0.15, 0.2) is 0 Å². The Morgan fingerprint density at radius 3 is 3.00 bits per heavy atom. The highest BCUT2D eigenvalue weighted by Crippen LogP contribution is 2.29. The van der Waals surface area contributed by atoms with Crippen molar-refractivity contribution in [1.82, 2.24) is 4.90 Å². The van der Waals surface area contributed by atoms with Gasteiger partial charge in [-0.05, 0) is 36.6 Å². The first kappa shape index (κ1) is 12.5. The summed E-state index contributed by atoms with van der Waals surface area (Å²) in [6, 6.07) is 5.65. The minimum Gasteiger partial charge on any atom is -0.465 e.